The second kappa shape index (κ2) is 8.73. The summed E-state index contributed by atoms with van der Waals surface area (Å²) >= 11 is 0. The summed E-state index contributed by atoms with van der Waals surface area (Å²) in [6.45, 7) is 7.17. The fourth-order valence-corrected chi connectivity index (χ4v) is 3.34. The average molecular weight is 370 g/mol. The van der Waals surface area contributed by atoms with Crippen LogP contribution in [0.1, 0.15) is 11.3 Å². The van der Waals surface area contributed by atoms with Crippen LogP contribution in [-0.2, 0) is 17.8 Å². The number of hydrogen-bond acceptors (Lipinski definition) is 6. The summed E-state index contributed by atoms with van der Waals surface area (Å²) in [6, 6.07) is 8.01. The number of benzene rings is 1. The predicted molar refractivity (Wildman–Crippen MR) is 107 cm³/mol. The summed E-state index contributed by atoms with van der Waals surface area (Å²) in [4.78, 5) is 24.4. The number of methoxy groups -OCH3 is 2. The topological polar surface area (TPSA) is 70.7 Å². The molecule has 3 rings (SSSR count). The first kappa shape index (κ1) is 19.0. The molecular weight excluding hydrogens is 344 g/mol. The number of ether oxygens (including phenoxy) is 2. The van der Waals surface area contributed by atoms with Gasteiger partial charge in [-0.15, -0.1) is 6.58 Å². The van der Waals surface area contributed by atoms with E-state index < -0.39 is 0 Å². The maximum atomic E-state index is 12.5. The number of aromatic nitrogens is 2. The van der Waals surface area contributed by atoms with Gasteiger partial charge in [-0.3, -0.25) is 9.78 Å². The highest BCUT2D eigenvalue weighted by molar-refractivity contribution is 5.59. The molecule has 7 heteroatoms. The van der Waals surface area contributed by atoms with Crippen LogP contribution >= 0.6 is 0 Å². The standard InChI is InChI=1S/C20H26N4O3/c1-4-7-15-16(14-26-2)21-20(22-19(15)25)24-12-10-23(11-13-24)17-8-5-6-9-18(17)27-3/h4-6,8-9H,1,7,10-14H2,2-3H3,(H,21,22,25). The largest absolute Gasteiger partial charge is 0.495 e. The number of H-pyrrole nitrogens is 1. The molecule has 0 atom stereocenters. The first-order valence-electron chi connectivity index (χ1n) is 9.02. The molecule has 0 aliphatic carbocycles. The molecule has 1 aromatic carbocycles. The smallest absolute Gasteiger partial charge is 0.256 e. The van der Waals surface area contributed by atoms with E-state index in [9.17, 15) is 4.79 Å². The van der Waals surface area contributed by atoms with Gasteiger partial charge in [0, 0.05) is 38.9 Å². The van der Waals surface area contributed by atoms with Crippen LogP contribution < -0.4 is 20.1 Å². The van der Waals surface area contributed by atoms with E-state index in [0.29, 0.717) is 30.2 Å². The fourth-order valence-electron chi connectivity index (χ4n) is 3.34. The maximum Gasteiger partial charge on any atom is 0.256 e. The van der Waals surface area contributed by atoms with Gasteiger partial charge in [-0.05, 0) is 18.6 Å². The van der Waals surface area contributed by atoms with Gasteiger partial charge in [-0.1, -0.05) is 18.2 Å². The molecule has 1 aliphatic rings. The summed E-state index contributed by atoms with van der Waals surface area (Å²) in [5.74, 6) is 1.47. The molecule has 1 aromatic heterocycles. The quantitative estimate of drug-likeness (QED) is 0.752. The Hall–Kier alpha value is -2.80. The molecule has 1 fully saturated rings. The van der Waals surface area contributed by atoms with Crippen molar-refractivity contribution < 1.29 is 9.47 Å². The molecule has 144 valence electrons. The predicted octanol–water partition coefficient (Wildman–Crippen LogP) is 1.98. The van der Waals surface area contributed by atoms with Crippen LogP contribution in [0, 0.1) is 0 Å². The summed E-state index contributed by atoms with van der Waals surface area (Å²) in [5, 5.41) is 0. The molecule has 1 saturated heterocycles. The lowest BCUT2D eigenvalue weighted by Gasteiger charge is -2.37. The third-order valence-corrected chi connectivity index (χ3v) is 4.72. The minimum atomic E-state index is -0.126. The van der Waals surface area contributed by atoms with Crippen LogP contribution in [0.5, 0.6) is 5.75 Å². The Morgan fingerprint density at radius 2 is 1.89 bits per heavy atom. The molecule has 1 aliphatic heterocycles. The lowest BCUT2D eigenvalue weighted by molar-refractivity contribution is 0.180. The summed E-state index contributed by atoms with van der Waals surface area (Å²) in [6.07, 6.45) is 2.18. The first-order chi connectivity index (χ1) is 13.2. The molecular formula is C20H26N4O3. The second-order valence-corrected chi connectivity index (χ2v) is 6.39. The number of para-hydroxylation sites is 2. The monoisotopic (exact) mass is 370 g/mol. The number of nitrogens with one attached hydrogen (secondary N) is 1. The minimum absolute atomic E-state index is 0.126. The summed E-state index contributed by atoms with van der Waals surface area (Å²) < 4.78 is 10.7. The third-order valence-electron chi connectivity index (χ3n) is 4.72. The molecule has 0 bridgehead atoms. The van der Waals surface area contributed by atoms with Crippen molar-refractivity contribution in [1.29, 1.82) is 0 Å². The highest BCUT2D eigenvalue weighted by atomic mass is 16.5. The Balaban J connectivity index is 1.78. The van der Waals surface area contributed by atoms with E-state index in [1.165, 1.54) is 0 Å². The molecule has 0 amide bonds. The van der Waals surface area contributed by atoms with Gasteiger partial charge in [0.1, 0.15) is 5.75 Å². The molecule has 0 unspecified atom stereocenters. The minimum Gasteiger partial charge on any atom is -0.495 e. The number of hydrogen-bond donors (Lipinski definition) is 1. The Kier molecular flexibility index (Phi) is 6.13. The van der Waals surface area contributed by atoms with E-state index in [2.05, 4.69) is 32.4 Å². The van der Waals surface area contributed by atoms with E-state index in [1.807, 2.05) is 18.2 Å². The van der Waals surface area contributed by atoms with Crippen LogP contribution in [0.2, 0.25) is 0 Å². The van der Waals surface area contributed by atoms with Gasteiger partial charge in [-0.25, -0.2) is 4.98 Å². The highest BCUT2D eigenvalue weighted by Crippen LogP contribution is 2.28. The van der Waals surface area contributed by atoms with Gasteiger partial charge in [0.2, 0.25) is 5.95 Å². The number of allylic oxidation sites excluding steroid dienone is 1. The third kappa shape index (κ3) is 4.14. The van der Waals surface area contributed by atoms with Crippen molar-refractivity contribution in [3.63, 3.8) is 0 Å². The lowest BCUT2D eigenvalue weighted by atomic mass is 10.1. The Morgan fingerprint density at radius 3 is 2.56 bits per heavy atom. The van der Waals surface area contributed by atoms with Crippen LogP contribution in [0.15, 0.2) is 41.7 Å². The van der Waals surface area contributed by atoms with Gasteiger partial charge in [0.15, 0.2) is 0 Å². The van der Waals surface area contributed by atoms with Gasteiger partial charge in [0.25, 0.3) is 5.56 Å². The van der Waals surface area contributed by atoms with E-state index in [-0.39, 0.29) is 5.56 Å². The van der Waals surface area contributed by atoms with Crippen molar-refractivity contribution in [2.45, 2.75) is 13.0 Å². The normalized spacial score (nSPS) is 14.3. The number of nitrogens with zero attached hydrogens (tertiary/aromatic N) is 3. The van der Waals surface area contributed by atoms with Gasteiger partial charge < -0.3 is 19.3 Å². The van der Waals surface area contributed by atoms with Crippen LogP contribution in [0.4, 0.5) is 11.6 Å². The van der Waals surface area contributed by atoms with Gasteiger partial charge in [0.05, 0.1) is 25.1 Å². The summed E-state index contributed by atoms with van der Waals surface area (Å²) in [5.41, 5.74) is 2.24. The van der Waals surface area contributed by atoms with E-state index >= 15 is 0 Å². The zero-order chi connectivity index (χ0) is 19.2. The zero-order valence-electron chi connectivity index (χ0n) is 15.9. The number of aromatic amines is 1. The average Bonchev–Trinajstić information content (AvgIpc) is 2.70. The molecule has 7 nitrogen and oxygen atoms in total. The molecule has 0 radical (unpaired) electrons. The first-order valence-corrected chi connectivity index (χ1v) is 9.02. The van der Waals surface area contributed by atoms with E-state index in [0.717, 1.165) is 37.6 Å². The Bertz CT molecular complexity index is 841. The van der Waals surface area contributed by atoms with Crippen molar-refractivity contribution in [2.75, 3.05) is 50.2 Å². The Labute approximate surface area is 159 Å². The van der Waals surface area contributed by atoms with Gasteiger partial charge in [-0.2, -0.15) is 0 Å². The second-order valence-electron chi connectivity index (χ2n) is 6.39. The van der Waals surface area contributed by atoms with Crippen molar-refractivity contribution in [2.24, 2.45) is 0 Å². The van der Waals surface area contributed by atoms with Gasteiger partial charge >= 0.3 is 0 Å². The summed E-state index contributed by atoms with van der Waals surface area (Å²) in [7, 11) is 3.29. The molecule has 1 N–H and O–H groups in total. The van der Waals surface area contributed by atoms with Crippen molar-refractivity contribution in [1.82, 2.24) is 9.97 Å². The number of rotatable bonds is 7. The fraction of sp³-hybridized carbons (Fsp3) is 0.400. The number of anilines is 2. The number of piperazine rings is 1. The molecule has 2 heterocycles. The molecule has 2 aromatic rings. The van der Waals surface area contributed by atoms with Crippen LogP contribution in [0.25, 0.3) is 0 Å². The maximum absolute atomic E-state index is 12.5. The van der Waals surface area contributed by atoms with Crippen molar-refractivity contribution >= 4 is 11.6 Å². The van der Waals surface area contributed by atoms with E-state index in [4.69, 9.17) is 9.47 Å². The Morgan fingerprint density at radius 1 is 1.19 bits per heavy atom. The van der Waals surface area contributed by atoms with Crippen LogP contribution in [0.3, 0.4) is 0 Å². The van der Waals surface area contributed by atoms with Crippen LogP contribution in [-0.4, -0.2) is 50.4 Å². The lowest BCUT2D eigenvalue weighted by Crippen LogP contribution is -2.47. The molecule has 0 spiro atoms. The van der Waals surface area contributed by atoms with Crippen molar-refractivity contribution in [3.8, 4) is 5.75 Å². The van der Waals surface area contributed by atoms with E-state index in [1.54, 1.807) is 20.3 Å². The van der Waals surface area contributed by atoms with Crippen molar-refractivity contribution in [3.05, 3.63) is 58.5 Å². The SMILES string of the molecule is C=CCc1c(COC)nc(N2CCN(c3ccccc3OC)CC2)[nH]c1=O. The highest BCUT2D eigenvalue weighted by Gasteiger charge is 2.22. The molecule has 27 heavy (non-hydrogen) atoms. The zero-order valence-corrected chi connectivity index (χ0v) is 15.9. The molecule has 0 saturated carbocycles.